The highest BCUT2D eigenvalue weighted by molar-refractivity contribution is 5.59. The Morgan fingerprint density at radius 1 is 1.47 bits per heavy atom. The number of rotatable bonds is 3. The summed E-state index contributed by atoms with van der Waals surface area (Å²) in [6.07, 6.45) is 3.50. The van der Waals surface area contributed by atoms with Gasteiger partial charge in [0.25, 0.3) is 0 Å². The van der Waals surface area contributed by atoms with Crippen LogP contribution in [-0.4, -0.2) is 9.78 Å². The van der Waals surface area contributed by atoms with Gasteiger partial charge < -0.3 is 5.32 Å². The lowest BCUT2D eigenvalue weighted by Crippen LogP contribution is -1.93. The number of halogens is 1. The van der Waals surface area contributed by atoms with Crippen molar-refractivity contribution >= 4 is 11.4 Å². The molecule has 0 aliphatic carbocycles. The van der Waals surface area contributed by atoms with Crippen molar-refractivity contribution in [3.05, 3.63) is 42.0 Å². The van der Waals surface area contributed by atoms with Crippen LogP contribution in [0.25, 0.3) is 0 Å². The van der Waals surface area contributed by atoms with Crippen molar-refractivity contribution in [3.63, 3.8) is 0 Å². The summed E-state index contributed by atoms with van der Waals surface area (Å²) < 4.78 is 15.1. The van der Waals surface area contributed by atoms with Gasteiger partial charge in [-0.25, -0.2) is 4.39 Å². The van der Waals surface area contributed by atoms with E-state index in [0.29, 0.717) is 5.69 Å². The highest BCUT2D eigenvalue weighted by Crippen LogP contribution is 2.18. The number of aromatic nitrogens is 2. The Bertz CT molecular complexity index is 568. The molecule has 0 unspecified atom stereocenters. The second kappa shape index (κ2) is 4.66. The molecule has 0 aliphatic heterocycles. The minimum atomic E-state index is -0.527. The number of anilines is 2. The van der Waals surface area contributed by atoms with Gasteiger partial charge in [0.1, 0.15) is 11.9 Å². The van der Waals surface area contributed by atoms with Gasteiger partial charge in [0.15, 0.2) is 0 Å². The van der Waals surface area contributed by atoms with E-state index in [9.17, 15) is 4.39 Å². The summed E-state index contributed by atoms with van der Waals surface area (Å²) in [5.41, 5.74) is 1.42. The minimum Gasteiger partial charge on any atom is -0.353 e. The third-order valence-electron chi connectivity index (χ3n) is 2.34. The lowest BCUT2D eigenvalue weighted by molar-refractivity contribution is 0.624. The first-order chi connectivity index (χ1) is 8.22. The number of hydrogen-bond acceptors (Lipinski definition) is 3. The maximum atomic E-state index is 13.3. The molecule has 0 saturated heterocycles. The molecule has 1 N–H and O–H groups in total. The number of hydrogen-bond donors (Lipinski definition) is 1. The van der Waals surface area contributed by atoms with Gasteiger partial charge in [-0.1, -0.05) is 0 Å². The first-order valence-corrected chi connectivity index (χ1v) is 5.22. The molecule has 17 heavy (non-hydrogen) atoms. The average molecular weight is 230 g/mol. The Hall–Kier alpha value is -2.35. The van der Waals surface area contributed by atoms with Crippen LogP contribution in [0.1, 0.15) is 12.5 Å². The fourth-order valence-electron chi connectivity index (χ4n) is 1.45. The van der Waals surface area contributed by atoms with Crippen LogP contribution in [0.5, 0.6) is 0 Å². The molecule has 1 aromatic carbocycles. The molecule has 2 rings (SSSR count). The number of nitriles is 1. The molecule has 1 heterocycles. The Morgan fingerprint density at radius 2 is 2.29 bits per heavy atom. The summed E-state index contributed by atoms with van der Waals surface area (Å²) in [5, 5.41) is 15.7. The van der Waals surface area contributed by atoms with Crippen LogP contribution >= 0.6 is 0 Å². The average Bonchev–Trinajstić information content (AvgIpc) is 2.77. The minimum absolute atomic E-state index is 0.0415. The summed E-state index contributed by atoms with van der Waals surface area (Å²) in [5.74, 6) is -0.527. The molecule has 5 heteroatoms. The predicted octanol–water partition coefficient (Wildman–Crippen LogP) is 2.66. The second-order valence-electron chi connectivity index (χ2n) is 3.52. The van der Waals surface area contributed by atoms with E-state index in [2.05, 4.69) is 10.4 Å². The van der Waals surface area contributed by atoms with E-state index in [0.717, 1.165) is 12.2 Å². The summed E-state index contributed by atoms with van der Waals surface area (Å²) in [4.78, 5) is 0. The summed E-state index contributed by atoms with van der Waals surface area (Å²) in [6, 6.07) is 6.18. The molecule has 0 amide bonds. The lowest BCUT2D eigenvalue weighted by Gasteiger charge is -2.03. The van der Waals surface area contributed by atoms with Crippen LogP contribution < -0.4 is 5.32 Å². The maximum Gasteiger partial charge on any atom is 0.143 e. The number of nitrogens with zero attached hydrogens (tertiary/aromatic N) is 3. The smallest absolute Gasteiger partial charge is 0.143 e. The highest BCUT2D eigenvalue weighted by Gasteiger charge is 2.03. The summed E-state index contributed by atoms with van der Waals surface area (Å²) in [7, 11) is 0. The van der Waals surface area contributed by atoms with Crippen molar-refractivity contribution in [3.8, 4) is 6.07 Å². The van der Waals surface area contributed by atoms with Gasteiger partial charge in [0, 0.05) is 18.4 Å². The molecule has 0 radical (unpaired) electrons. The largest absolute Gasteiger partial charge is 0.353 e. The van der Waals surface area contributed by atoms with Crippen LogP contribution in [0.3, 0.4) is 0 Å². The van der Waals surface area contributed by atoms with Gasteiger partial charge in [0.2, 0.25) is 0 Å². The molecule has 2 aromatic rings. The zero-order valence-corrected chi connectivity index (χ0v) is 9.31. The fraction of sp³-hybridized carbons (Fsp3) is 0.167. The quantitative estimate of drug-likeness (QED) is 0.881. The molecule has 0 atom stereocenters. The van der Waals surface area contributed by atoms with Crippen molar-refractivity contribution in [2.24, 2.45) is 0 Å². The van der Waals surface area contributed by atoms with Crippen molar-refractivity contribution in [1.82, 2.24) is 9.78 Å². The van der Waals surface area contributed by atoms with Gasteiger partial charge in [-0.3, -0.25) is 4.68 Å². The maximum absolute atomic E-state index is 13.3. The van der Waals surface area contributed by atoms with Crippen LogP contribution in [0.15, 0.2) is 30.6 Å². The molecule has 1 aromatic heterocycles. The first-order valence-electron chi connectivity index (χ1n) is 5.22. The molecule has 4 nitrogen and oxygen atoms in total. The summed E-state index contributed by atoms with van der Waals surface area (Å²) >= 11 is 0. The first kappa shape index (κ1) is 11.1. The topological polar surface area (TPSA) is 53.6 Å². The van der Waals surface area contributed by atoms with Crippen molar-refractivity contribution in [2.45, 2.75) is 13.5 Å². The van der Waals surface area contributed by atoms with Crippen molar-refractivity contribution in [2.75, 3.05) is 5.32 Å². The molecule has 0 fully saturated rings. The van der Waals surface area contributed by atoms with Crippen LogP contribution in [0.4, 0.5) is 15.8 Å². The third-order valence-corrected chi connectivity index (χ3v) is 2.34. The van der Waals surface area contributed by atoms with Gasteiger partial charge in [0.05, 0.1) is 17.4 Å². The van der Waals surface area contributed by atoms with E-state index < -0.39 is 5.82 Å². The zero-order valence-electron chi connectivity index (χ0n) is 9.31. The molecule has 0 saturated carbocycles. The molecule has 0 spiro atoms. The normalized spacial score (nSPS) is 9.94. The van der Waals surface area contributed by atoms with E-state index in [1.54, 1.807) is 23.0 Å². The molecule has 86 valence electrons. The molecule has 0 bridgehead atoms. The summed E-state index contributed by atoms with van der Waals surface area (Å²) in [6.45, 7) is 2.77. The highest BCUT2D eigenvalue weighted by atomic mass is 19.1. The van der Waals surface area contributed by atoms with Gasteiger partial charge in [-0.2, -0.15) is 10.4 Å². The van der Waals surface area contributed by atoms with E-state index in [4.69, 9.17) is 5.26 Å². The third kappa shape index (κ3) is 2.42. The lowest BCUT2D eigenvalue weighted by atomic mass is 10.2. The number of aryl methyl sites for hydroxylation is 1. The van der Waals surface area contributed by atoms with Crippen LogP contribution in [0.2, 0.25) is 0 Å². The van der Waals surface area contributed by atoms with E-state index in [-0.39, 0.29) is 5.56 Å². The Labute approximate surface area is 98.3 Å². The Kier molecular flexibility index (Phi) is 3.06. The van der Waals surface area contributed by atoms with Crippen molar-refractivity contribution < 1.29 is 4.39 Å². The van der Waals surface area contributed by atoms with Gasteiger partial charge in [-0.15, -0.1) is 0 Å². The van der Waals surface area contributed by atoms with E-state index >= 15 is 0 Å². The van der Waals surface area contributed by atoms with Crippen LogP contribution in [-0.2, 0) is 6.54 Å². The second-order valence-corrected chi connectivity index (χ2v) is 3.52. The van der Waals surface area contributed by atoms with Crippen LogP contribution in [0, 0.1) is 17.1 Å². The predicted molar refractivity (Wildman–Crippen MR) is 62.3 cm³/mol. The number of benzene rings is 1. The molecular formula is C12H11FN4. The Morgan fingerprint density at radius 3 is 2.88 bits per heavy atom. The Balaban J connectivity index is 2.19. The van der Waals surface area contributed by atoms with Gasteiger partial charge >= 0.3 is 0 Å². The van der Waals surface area contributed by atoms with E-state index in [1.807, 2.05) is 13.1 Å². The monoisotopic (exact) mass is 230 g/mol. The van der Waals surface area contributed by atoms with E-state index in [1.165, 1.54) is 12.1 Å². The number of nitrogens with one attached hydrogen (secondary N) is 1. The standard InChI is InChI=1S/C12H11FN4/c1-2-17-8-11(7-15-17)16-10-4-3-9(6-14)12(13)5-10/h3-5,7-8,16H,2H2,1H3. The molecular weight excluding hydrogens is 219 g/mol. The van der Waals surface area contributed by atoms with Gasteiger partial charge in [-0.05, 0) is 25.1 Å². The fourth-order valence-corrected chi connectivity index (χ4v) is 1.45. The van der Waals surface area contributed by atoms with Crippen molar-refractivity contribution in [1.29, 1.82) is 5.26 Å². The zero-order chi connectivity index (χ0) is 12.3. The SMILES string of the molecule is CCn1cc(Nc2ccc(C#N)c(F)c2)cn1. The molecule has 0 aliphatic rings.